The van der Waals surface area contributed by atoms with Crippen molar-refractivity contribution in [1.29, 1.82) is 0 Å². The molecule has 27 heavy (non-hydrogen) atoms. The van der Waals surface area contributed by atoms with E-state index < -0.39 is 11.9 Å². The molecule has 0 bridgehead atoms. The monoisotopic (exact) mass is 368 g/mol. The smallest absolute Gasteiger partial charge is 0.338 e. The van der Waals surface area contributed by atoms with Gasteiger partial charge in [-0.25, -0.2) is 9.59 Å². The molecule has 6 heteroatoms. The number of ether oxygens (including phenoxy) is 2. The molecule has 6 nitrogen and oxygen atoms in total. The number of benzene rings is 2. The average molecular weight is 368 g/mol. The number of esters is 2. The summed E-state index contributed by atoms with van der Waals surface area (Å²) in [5.41, 5.74) is 1.80. The maximum atomic E-state index is 11.8. The normalized spacial score (nSPS) is 10.1. The van der Waals surface area contributed by atoms with E-state index in [-0.39, 0.29) is 13.2 Å². The molecule has 0 fully saturated rings. The molecule has 0 aliphatic heterocycles. The number of aldehydes is 2. The van der Waals surface area contributed by atoms with Crippen LogP contribution >= 0.6 is 0 Å². The average Bonchev–Trinajstić information content (AvgIpc) is 2.72. The Morgan fingerprint density at radius 2 is 1.00 bits per heavy atom. The zero-order valence-corrected chi connectivity index (χ0v) is 14.8. The Hall–Kier alpha value is -3.28. The molecule has 2 aromatic carbocycles. The largest absolute Gasteiger partial charge is 0.462 e. The Labute approximate surface area is 157 Å². The third-order valence-corrected chi connectivity index (χ3v) is 3.82. The Morgan fingerprint density at radius 3 is 1.33 bits per heavy atom. The molecule has 0 N–H and O–H groups in total. The standard InChI is InChI=1S/C21H20O6/c22-14-16-4-8-18(9-5-16)20(24)26-12-2-1-3-13-27-21(25)19-10-6-17(15-23)7-11-19/h4-11,14-15H,1-3,12-13H2. The van der Waals surface area contributed by atoms with E-state index in [0.717, 1.165) is 6.42 Å². The third-order valence-electron chi connectivity index (χ3n) is 3.82. The summed E-state index contributed by atoms with van der Waals surface area (Å²) >= 11 is 0. The molecule has 0 aliphatic carbocycles. The lowest BCUT2D eigenvalue weighted by atomic mass is 10.1. The SMILES string of the molecule is O=Cc1ccc(C(=O)OCCCCCOC(=O)c2ccc(C=O)cc2)cc1. The Balaban J connectivity index is 1.58. The molecule has 0 heterocycles. The van der Waals surface area contributed by atoms with E-state index in [0.29, 0.717) is 47.7 Å². The van der Waals surface area contributed by atoms with Crippen LogP contribution in [0.1, 0.15) is 60.7 Å². The quantitative estimate of drug-likeness (QED) is 0.362. The molecule has 0 aliphatic rings. The van der Waals surface area contributed by atoms with Crippen molar-refractivity contribution in [2.45, 2.75) is 19.3 Å². The molecule has 2 aromatic rings. The van der Waals surface area contributed by atoms with E-state index in [1.54, 1.807) is 48.5 Å². The van der Waals surface area contributed by atoms with Gasteiger partial charge in [-0.15, -0.1) is 0 Å². The fourth-order valence-corrected chi connectivity index (χ4v) is 2.27. The minimum atomic E-state index is -0.433. The van der Waals surface area contributed by atoms with Crippen LogP contribution in [0.3, 0.4) is 0 Å². The fourth-order valence-electron chi connectivity index (χ4n) is 2.27. The van der Waals surface area contributed by atoms with Gasteiger partial charge in [0.1, 0.15) is 12.6 Å². The number of hydrogen-bond acceptors (Lipinski definition) is 6. The van der Waals surface area contributed by atoms with Crippen molar-refractivity contribution < 1.29 is 28.7 Å². The molecule has 0 amide bonds. The molecule has 0 radical (unpaired) electrons. The van der Waals surface area contributed by atoms with Crippen molar-refractivity contribution in [1.82, 2.24) is 0 Å². The zero-order valence-electron chi connectivity index (χ0n) is 14.8. The van der Waals surface area contributed by atoms with Crippen LogP contribution in [0.15, 0.2) is 48.5 Å². The van der Waals surface area contributed by atoms with Crippen molar-refractivity contribution >= 4 is 24.5 Å². The van der Waals surface area contributed by atoms with Gasteiger partial charge in [0.25, 0.3) is 0 Å². The van der Waals surface area contributed by atoms with Gasteiger partial charge in [0.15, 0.2) is 0 Å². The Bertz CT molecular complexity index is 710. The number of rotatable bonds is 10. The second-order valence-corrected chi connectivity index (χ2v) is 5.81. The zero-order chi connectivity index (χ0) is 19.5. The van der Waals surface area contributed by atoms with Crippen LogP contribution in [-0.2, 0) is 9.47 Å². The molecule has 0 unspecified atom stereocenters. The first-order valence-electron chi connectivity index (χ1n) is 8.59. The van der Waals surface area contributed by atoms with E-state index in [1.165, 1.54) is 0 Å². The van der Waals surface area contributed by atoms with Crippen LogP contribution in [0.4, 0.5) is 0 Å². The van der Waals surface area contributed by atoms with Gasteiger partial charge in [-0.2, -0.15) is 0 Å². The summed E-state index contributed by atoms with van der Waals surface area (Å²) in [6, 6.07) is 12.4. The first kappa shape index (κ1) is 20.0. The molecule has 0 saturated carbocycles. The summed E-state index contributed by atoms with van der Waals surface area (Å²) in [6.45, 7) is 0.546. The first-order chi connectivity index (χ1) is 13.1. The predicted molar refractivity (Wildman–Crippen MR) is 98.1 cm³/mol. The first-order valence-corrected chi connectivity index (χ1v) is 8.59. The van der Waals surface area contributed by atoms with E-state index in [4.69, 9.17) is 9.47 Å². The fraction of sp³-hybridized carbons (Fsp3) is 0.238. The van der Waals surface area contributed by atoms with Gasteiger partial charge < -0.3 is 9.47 Å². The number of carbonyl (C=O) groups is 4. The highest BCUT2D eigenvalue weighted by Gasteiger charge is 2.08. The highest BCUT2D eigenvalue weighted by Crippen LogP contribution is 2.07. The van der Waals surface area contributed by atoms with Gasteiger partial charge in [0.05, 0.1) is 24.3 Å². The molecule has 140 valence electrons. The molecule has 0 aromatic heterocycles. The van der Waals surface area contributed by atoms with Crippen molar-refractivity contribution in [2.75, 3.05) is 13.2 Å². The lowest BCUT2D eigenvalue weighted by Gasteiger charge is -2.06. The lowest BCUT2D eigenvalue weighted by molar-refractivity contribution is 0.0477. The maximum absolute atomic E-state index is 11.8. The summed E-state index contributed by atoms with van der Waals surface area (Å²) < 4.78 is 10.3. The highest BCUT2D eigenvalue weighted by atomic mass is 16.5. The molecule has 0 atom stereocenters. The van der Waals surface area contributed by atoms with E-state index >= 15 is 0 Å². The van der Waals surface area contributed by atoms with Crippen LogP contribution < -0.4 is 0 Å². The second kappa shape index (κ2) is 10.7. The highest BCUT2D eigenvalue weighted by molar-refractivity contribution is 5.91. The number of hydrogen-bond donors (Lipinski definition) is 0. The molecule has 0 saturated heterocycles. The van der Waals surface area contributed by atoms with Gasteiger partial charge in [-0.3, -0.25) is 9.59 Å². The minimum Gasteiger partial charge on any atom is -0.462 e. The van der Waals surface area contributed by atoms with Gasteiger partial charge >= 0.3 is 11.9 Å². The summed E-state index contributed by atoms with van der Waals surface area (Å²) in [6.07, 6.45) is 3.48. The van der Waals surface area contributed by atoms with Crippen molar-refractivity contribution in [3.05, 3.63) is 70.8 Å². The summed E-state index contributed by atoms with van der Waals surface area (Å²) in [4.78, 5) is 44.8. The van der Waals surface area contributed by atoms with E-state index in [9.17, 15) is 19.2 Å². The minimum absolute atomic E-state index is 0.273. The van der Waals surface area contributed by atoms with Crippen molar-refractivity contribution in [3.8, 4) is 0 Å². The Kier molecular flexibility index (Phi) is 7.91. The van der Waals surface area contributed by atoms with Gasteiger partial charge in [0, 0.05) is 11.1 Å². The van der Waals surface area contributed by atoms with Crippen molar-refractivity contribution in [2.24, 2.45) is 0 Å². The van der Waals surface area contributed by atoms with Crippen LogP contribution in [-0.4, -0.2) is 37.7 Å². The van der Waals surface area contributed by atoms with Crippen LogP contribution in [0, 0.1) is 0 Å². The maximum Gasteiger partial charge on any atom is 0.338 e. The Morgan fingerprint density at radius 1 is 0.630 bits per heavy atom. The van der Waals surface area contributed by atoms with Gasteiger partial charge in [0.2, 0.25) is 0 Å². The van der Waals surface area contributed by atoms with Crippen LogP contribution in [0.5, 0.6) is 0 Å². The van der Waals surface area contributed by atoms with Gasteiger partial charge in [-0.1, -0.05) is 24.3 Å². The number of carbonyl (C=O) groups excluding carboxylic acids is 4. The molecular weight excluding hydrogens is 348 g/mol. The summed E-state index contributed by atoms with van der Waals surface area (Å²) in [5, 5.41) is 0. The lowest BCUT2D eigenvalue weighted by Crippen LogP contribution is -2.08. The van der Waals surface area contributed by atoms with E-state index in [2.05, 4.69) is 0 Å². The van der Waals surface area contributed by atoms with Crippen LogP contribution in [0.25, 0.3) is 0 Å². The third kappa shape index (κ3) is 6.51. The predicted octanol–water partition coefficient (Wildman–Crippen LogP) is 3.50. The van der Waals surface area contributed by atoms with Gasteiger partial charge in [-0.05, 0) is 43.5 Å². The molecular formula is C21H20O6. The van der Waals surface area contributed by atoms with E-state index in [1.807, 2.05) is 0 Å². The summed E-state index contributed by atoms with van der Waals surface area (Å²) in [5.74, 6) is -0.865. The van der Waals surface area contributed by atoms with Crippen LogP contribution in [0.2, 0.25) is 0 Å². The molecule has 2 rings (SSSR count). The topological polar surface area (TPSA) is 86.7 Å². The second-order valence-electron chi connectivity index (χ2n) is 5.81. The summed E-state index contributed by atoms with van der Waals surface area (Å²) in [7, 11) is 0. The van der Waals surface area contributed by atoms with Crippen molar-refractivity contribution in [3.63, 3.8) is 0 Å². The number of unbranched alkanes of at least 4 members (excludes halogenated alkanes) is 2. The molecule has 0 spiro atoms.